The SMILES string of the molecule is O=c1c(O)c(-c2ccc(Cl)c3ccccc23)oc2c(Cl)cc(Cl)cc12. The fourth-order valence-corrected chi connectivity index (χ4v) is 3.62. The minimum atomic E-state index is -0.598. The number of hydrogen-bond acceptors (Lipinski definition) is 3. The van der Waals surface area contributed by atoms with Crippen molar-refractivity contribution in [2.24, 2.45) is 0 Å². The van der Waals surface area contributed by atoms with Crippen LogP contribution in [0.4, 0.5) is 0 Å². The number of fused-ring (bicyclic) bond motifs is 2. The molecule has 1 N–H and O–H groups in total. The fourth-order valence-electron chi connectivity index (χ4n) is 2.86. The minimum Gasteiger partial charge on any atom is -0.502 e. The summed E-state index contributed by atoms with van der Waals surface area (Å²) in [5, 5.41) is 13.1. The van der Waals surface area contributed by atoms with Crippen LogP contribution in [-0.4, -0.2) is 5.11 Å². The molecule has 124 valence electrons. The summed E-state index contributed by atoms with van der Waals surface area (Å²) in [6, 6.07) is 13.7. The van der Waals surface area contributed by atoms with Crippen molar-refractivity contribution in [1.82, 2.24) is 0 Å². The molecule has 0 aliphatic heterocycles. The van der Waals surface area contributed by atoms with E-state index in [1.54, 1.807) is 12.1 Å². The van der Waals surface area contributed by atoms with Gasteiger partial charge >= 0.3 is 0 Å². The first-order valence-electron chi connectivity index (χ1n) is 7.30. The molecule has 25 heavy (non-hydrogen) atoms. The van der Waals surface area contributed by atoms with Crippen LogP contribution in [0.2, 0.25) is 15.1 Å². The predicted molar refractivity (Wildman–Crippen MR) is 102 cm³/mol. The summed E-state index contributed by atoms with van der Waals surface area (Å²) in [5.41, 5.74) is 0.116. The van der Waals surface area contributed by atoms with Crippen LogP contribution in [-0.2, 0) is 0 Å². The van der Waals surface area contributed by atoms with Gasteiger partial charge in [0, 0.05) is 21.0 Å². The summed E-state index contributed by atoms with van der Waals surface area (Å²) in [7, 11) is 0. The maximum absolute atomic E-state index is 12.6. The molecule has 3 aromatic carbocycles. The molecule has 0 saturated heterocycles. The van der Waals surface area contributed by atoms with Crippen LogP contribution >= 0.6 is 34.8 Å². The van der Waals surface area contributed by atoms with Gasteiger partial charge in [-0.2, -0.15) is 0 Å². The van der Waals surface area contributed by atoms with Gasteiger partial charge in [0.2, 0.25) is 11.2 Å². The van der Waals surface area contributed by atoms with Crippen LogP contribution in [0.1, 0.15) is 0 Å². The topological polar surface area (TPSA) is 50.4 Å². The molecule has 0 atom stereocenters. The molecule has 0 radical (unpaired) electrons. The van der Waals surface area contributed by atoms with Gasteiger partial charge in [-0.25, -0.2) is 0 Å². The quantitative estimate of drug-likeness (QED) is 0.415. The first kappa shape index (κ1) is 16.3. The molecule has 6 heteroatoms. The molecule has 3 nitrogen and oxygen atoms in total. The highest BCUT2D eigenvalue weighted by molar-refractivity contribution is 6.38. The number of hydrogen-bond donors (Lipinski definition) is 1. The summed E-state index contributed by atoms with van der Waals surface area (Å²) in [5.74, 6) is -0.465. The maximum atomic E-state index is 12.6. The zero-order valence-electron chi connectivity index (χ0n) is 12.5. The minimum absolute atomic E-state index is 0.0367. The molecule has 1 aromatic heterocycles. The highest BCUT2D eigenvalue weighted by Gasteiger charge is 2.19. The Kier molecular flexibility index (Phi) is 3.88. The predicted octanol–water partition coefficient (Wildman–Crippen LogP) is 6.28. The number of rotatable bonds is 1. The summed E-state index contributed by atoms with van der Waals surface area (Å²) in [6.07, 6.45) is 0. The van der Waals surface area contributed by atoms with Crippen LogP contribution in [0.5, 0.6) is 5.75 Å². The van der Waals surface area contributed by atoms with Gasteiger partial charge in [0.1, 0.15) is 0 Å². The molecule has 0 bridgehead atoms. The van der Waals surface area contributed by atoms with Crippen LogP contribution < -0.4 is 5.43 Å². The molecule has 0 spiro atoms. The van der Waals surface area contributed by atoms with E-state index in [1.807, 2.05) is 24.3 Å². The highest BCUT2D eigenvalue weighted by atomic mass is 35.5. The third-order valence-electron chi connectivity index (χ3n) is 4.00. The lowest BCUT2D eigenvalue weighted by molar-refractivity contribution is 0.449. The van der Waals surface area contributed by atoms with Gasteiger partial charge in [-0.15, -0.1) is 0 Å². The molecule has 0 fully saturated rings. The molecule has 0 unspecified atom stereocenters. The van der Waals surface area contributed by atoms with E-state index < -0.39 is 11.2 Å². The normalized spacial score (nSPS) is 11.3. The summed E-state index contributed by atoms with van der Waals surface area (Å²) < 4.78 is 5.81. The van der Waals surface area contributed by atoms with Gasteiger partial charge in [0.25, 0.3) is 0 Å². The van der Waals surface area contributed by atoms with E-state index >= 15 is 0 Å². The van der Waals surface area contributed by atoms with Gasteiger partial charge in [-0.1, -0.05) is 59.1 Å². The van der Waals surface area contributed by atoms with Crippen molar-refractivity contribution in [2.45, 2.75) is 0 Å². The van der Waals surface area contributed by atoms with Crippen molar-refractivity contribution in [1.29, 1.82) is 0 Å². The molecule has 0 amide bonds. The molecule has 0 aliphatic carbocycles. The Balaban J connectivity index is 2.15. The van der Waals surface area contributed by atoms with Crippen LogP contribution in [0.15, 0.2) is 57.7 Å². The fraction of sp³-hybridized carbons (Fsp3) is 0. The van der Waals surface area contributed by atoms with Gasteiger partial charge in [-0.3, -0.25) is 4.79 Å². The second kappa shape index (κ2) is 5.95. The van der Waals surface area contributed by atoms with E-state index in [4.69, 9.17) is 39.2 Å². The van der Waals surface area contributed by atoms with E-state index in [1.165, 1.54) is 12.1 Å². The zero-order chi connectivity index (χ0) is 17.7. The van der Waals surface area contributed by atoms with Crippen LogP contribution in [0.3, 0.4) is 0 Å². The Morgan fingerprint density at radius 2 is 1.56 bits per heavy atom. The Hall–Kier alpha value is -2.20. The van der Waals surface area contributed by atoms with Gasteiger partial charge in [0.15, 0.2) is 11.3 Å². The number of aromatic hydroxyl groups is 1. The first-order valence-corrected chi connectivity index (χ1v) is 8.43. The zero-order valence-corrected chi connectivity index (χ0v) is 14.8. The molecule has 0 saturated carbocycles. The van der Waals surface area contributed by atoms with E-state index in [0.717, 1.165) is 10.8 Å². The van der Waals surface area contributed by atoms with Crippen molar-refractivity contribution in [3.05, 3.63) is 73.8 Å². The monoisotopic (exact) mass is 390 g/mol. The average Bonchev–Trinajstić information content (AvgIpc) is 2.60. The van der Waals surface area contributed by atoms with Crippen molar-refractivity contribution < 1.29 is 9.52 Å². The van der Waals surface area contributed by atoms with Crippen molar-refractivity contribution in [3.63, 3.8) is 0 Å². The standard InChI is InChI=1S/C19H9Cl3O3/c20-9-7-13-16(23)17(24)19(25-18(13)15(22)8-9)12-5-6-14(21)11-4-2-1-3-10(11)12/h1-8,24H. The summed E-state index contributed by atoms with van der Waals surface area (Å²) in [4.78, 5) is 12.6. The lowest BCUT2D eigenvalue weighted by Crippen LogP contribution is -2.03. The van der Waals surface area contributed by atoms with E-state index in [2.05, 4.69) is 0 Å². The lowest BCUT2D eigenvalue weighted by Gasteiger charge is -2.10. The number of benzene rings is 3. The van der Waals surface area contributed by atoms with Crippen molar-refractivity contribution in [3.8, 4) is 17.1 Å². The molecular weight excluding hydrogens is 383 g/mol. The average molecular weight is 392 g/mol. The second-order valence-electron chi connectivity index (χ2n) is 5.51. The van der Waals surface area contributed by atoms with Gasteiger partial charge in [-0.05, 0) is 29.7 Å². The third kappa shape index (κ3) is 2.56. The van der Waals surface area contributed by atoms with Crippen molar-refractivity contribution in [2.75, 3.05) is 0 Å². The molecule has 0 aliphatic rings. The highest BCUT2D eigenvalue weighted by Crippen LogP contribution is 2.39. The molecule has 4 aromatic rings. The Morgan fingerprint density at radius 3 is 2.32 bits per heavy atom. The maximum Gasteiger partial charge on any atom is 0.235 e. The Labute approximate surface area is 157 Å². The van der Waals surface area contributed by atoms with Gasteiger partial charge in [0.05, 0.1) is 10.4 Å². The first-order chi connectivity index (χ1) is 12.0. The van der Waals surface area contributed by atoms with E-state index in [9.17, 15) is 9.90 Å². The lowest BCUT2D eigenvalue weighted by atomic mass is 10.0. The largest absolute Gasteiger partial charge is 0.502 e. The summed E-state index contributed by atoms with van der Waals surface area (Å²) in [6.45, 7) is 0. The van der Waals surface area contributed by atoms with Gasteiger partial charge < -0.3 is 9.52 Å². The Bertz CT molecular complexity index is 1210. The Morgan fingerprint density at radius 1 is 0.840 bits per heavy atom. The van der Waals surface area contributed by atoms with Crippen LogP contribution in [0, 0.1) is 0 Å². The van der Waals surface area contributed by atoms with Crippen molar-refractivity contribution >= 4 is 56.5 Å². The molecule has 4 rings (SSSR count). The smallest absolute Gasteiger partial charge is 0.235 e. The third-order valence-corrected chi connectivity index (χ3v) is 4.83. The second-order valence-corrected chi connectivity index (χ2v) is 6.76. The van der Waals surface area contributed by atoms with E-state index in [0.29, 0.717) is 10.6 Å². The van der Waals surface area contributed by atoms with Crippen LogP contribution in [0.25, 0.3) is 33.1 Å². The molecular formula is C19H9Cl3O3. The summed E-state index contributed by atoms with van der Waals surface area (Å²) >= 11 is 18.3. The number of halogens is 3. The molecule has 1 heterocycles. The van der Waals surface area contributed by atoms with E-state index in [-0.39, 0.29) is 26.8 Å².